The number of aromatic nitrogens is 4. The van der Waals surface area contributed by atoms with Gasteiger partial charge in [0.15, 0.2) is 0 Å². The number of carbonyl (C=O) groups excluding carboxylic acids is 1. The van der Waals surface area contributed by atoms with Crippen molar-refractivity contribution in [1.82, 2.24) is 19.5 Å². The van der Waals surface area contributed by atoms with Crippen molar-refractivity contribution in [2.75, 3.05) is 29.0 Å². The number of H-pyrrole nitrogens is 2. The predicted molar refractivity (Wildman–Crippen MR) is 127 cm³/mol. The summed E-state index contributed by atoms with van der Waals surface area (Å²) in [6.07, 6.45) is -3.20. The summed E-state index contributed by atoms with van der Waals surface area (Å²) >= 11 is 0. The summed E-state index contributed by atoms with van der Waals surface area (Å²) in [7, 11) is 0. The second-order valence-corrected chi connectivity index (χ2v) is 8.64. The van der Waals surface area contributed by atoms with Gasteiger partial charge in [0, 0.05) is 18.8 Å². The fraction of sp³-hybridized carbons (Fsp3) is 0.455. The average molecular weight is 496 g/mol. The summed E-state index contributed by atoms with van der Waals surface area (Å²) in [4.78, 5) is 47.2. The third-order valence-corrected chi connectivity index (χ3v) is 5.23. The molecule has 0 spiro atoms. The molecule has 0 fully saturated rings. The van der Waals surface area contributed by atoms with Gasteiger partial charge in [-0.25, -0.2) is 9.78 Å². The molecule has 0 atom stereocenters. The number of carbonyl (C=O) groups is 1. The van der Waals surface area contributed by atoms with Crippen LogP contribution < -0.4 is 27.2 Å². The molecule has 35 heavy (non-hydrogen) atoms. The maximum Gasteiger partial charge on any atom is 0.449 e. The first-order valence-electron chi connectivity index (χ1n) is 11.1. The minimum absolute atomic E-state index is 0.0210. The van der Waals surface area contributed by atoms with E-state index in [1.807, 2.05) is 20.8 Å². The van der Waals surface area contributed by atoms with Crippen LogP contribution in [0.2, 0.25) is 0 Å². The lowest BCUT2D eigenvalue weighted by Gasteiger charge is -2.26. The number of amides is 1. The smallest absolute Gasteiger partial charge is 0.383 e. The van der Waals surface area contributed by atoms with Gasteiger partial charge >= 0.3 is 11.9 Å². The number of alkyl halides is 3. The van der Waals surface area contributed by atoms with Gasteiger partial charge in [-0.1, -0.05) is 27.2 Å². The van der Waals surface area contributed by atoms with E-state index in [4.69, 9.17) is 5.73 Å². The Morgan fingerprint density at radius 2 is 1.97 bits per heavy atom. The number of hydrogen-bond acceptors (Lipinski definition) is 6. The van der Waals surface area contributed by atoms with Crippen LogP contribution in [0.4, 0.5) is 30.4 Å². The number of nitrogens with two attached hydrogens (primary N) is 1. The van der Waals surface area contributed by atoms with Gasteiger partial charge in [0.25, 0.3) is 5.56 Å². The van der Waals surface area contributed by atoms with Gasteiger partial charge in [-0.05, 0) is 30.5 Å². The lowest BCUT2D eigenvalue weighted by molar-refractivity contribution is -0.144. The SMILES string of the molecule is CCCCN(CC(=O)Nc1ccc2nc(C(F)(F)F)[nH]c2c1)c1c(N)n(CC(C)C)c(=O)[nH]c1=O. The molecule has 0 unspecified atom stereocenters. The van der Waals surface area contributed by atoms with Gasteiger partial charge in [0.2, 0.25) is 11.7 Å². The van der Waals surface area contributed by atoms with Crippen LogP contribution in [0.15, 0.2) is 27.8 Å². The van der Waals surface area contributed by atoms with Crippen molar-refractivity contribution >= 4 is 34.1 Å². The number of nitrogens with zero attached hydrogens (tertiary/aromatic N) is 3. The topological polar surface area (TPSA) is 142 Å². The number of halogens is 3. The molecule has 0 aliphatic rings. The first-order chi connectivity index (χ1) is 16.4. The van der Waals surface area contributed by atoms with E-state index < -0.39 is 29.2 Å². The largest absolute Gasteiger partial charge is 0.449 e. The number of nitrogen functional groups attached to an aromatic ring is 1. The number of unbranched alkanes of at least 4 members (excludes halogenated alkanes) is 1. The van der Waals surface area contributed by atoms with Gasteiger partial charge in [0.1, 0.15) is 11.5 Å². The van der Waals surface area contributed by atoms with Gasteiger partial charge in [-0.2, -0.15) is 13.2 Å². The van der Waals surface area contributed by atoms with Crippen LogP contribution in [0.25, 0.3) is 11.0 Å². The standard InChI is InChI=1S/C22H28F3N7O3/c1-4-5-8-31(17-18(26)32(10-12(2)3)21(35)30-19(17)34)11-16(33)27-13-6-7-14-15(9-13)29-20(28-14)22(23,24)25/h6-7,9,12H,4-5,8,10-11,26H2,1-3H3,(H,27,33)(H,28,29)(H,30,34,35). The lowest BCUT2D eigenvalue weighted by atomic mass is 10.2. The molecule has 0 aliphatic carbocycles. The number of benzene rings is 1. The highest BCUT2D eigenvalue weighted by Crippen LogP contribution is 2.29. The Labute approximate surface area is 198 Å². The summed E-state index contributed by atoms with van der Waals surface area (Å²) in [6.45, 7) is 6.08. The minimum atomic E-state index is -4.62. The third kappa shape index (κ3) is 6.03. The second kappa shape index (κ2) is 10.2. The zero-order chi connectivity index (χ0) is 25.9. The highest BCUT2D eigenvalue weighted by molar-refractivity contribution is 5.96. The van der Waals surface area contributed by atoms with Gasteiger partial charge in [0.05, 0.1) is 17.6 Å². The number of hydrogen-bond donors (Lipinski definition) is 4. The molecular weight excluding hydrogens is 467 g/mol. The number of nitrogens with one attached hydrogen (secondary N) is 3. The fourth-order valence-corrected chi connectivity index (χ4v) is 3.64. The van der Waals surface area contributed by atoms with Crippen molar-refractivity contribution in [3.63, 3.8) is 0 Å². The van der Waals surface area contributed by atoms with E-state index in [1.165, 1.54) is 27.7 Å². The maximum atomic E-state index is 12.9. The number of rotatable bonds is 9. The molecule has 0 saturated heterocycles. The molecule has 0 saturated carbocycles. The Morgan fingerprint density at radius 3 is 2.60 bits per heavy atom. The molecule has 3 aromatic rings. The number of aromatic amines is 2. The summed E-state index contributed by atoms with van der Waals surface area (Å²) < 4.78 is 40.0. The highest BCUT2D eigenvalue weighted by atomic mass is 19.4. The summed E-state index contributed by atoms with van der Waals surface area (Å²) in [5.41, 5.74) is 5.36. The zero-order valence-corrected chi connectivity index (χ0v) is 19.6. The molecule has 0 radical (unpaired) electrons. The number of imidazole rings is 1. The first-order valence-corrected chi connectivity index (χ1v) is 11.1. The van der Waals surface area contributed by atoms with E-state index in [9.17, 15) is 27.6 Å². The quantitative estimate of drug-likeness (QED) is 0.360. The molecule has 1 aromatic carbocycles. The van der Waals surface area contributed by atoms with E-state index in [1.54, 1.807) is 0 Å². The molecule has 2 heterocycles. The molecule has 3 rings (SSSR count). The molecule has 190 valence electrons. The van der Waals surface area contributed by atoms with Crippen molar-refractivity contribution in [2.24, 2.45) is 5.92 Å². The van der Waals surface area contributed by atoms with E-state index in [0.29, 0.717) is 13.0 Å². The Hall–Kier alpha value is -3.77. The van der Waals surface area contributed by atoms with Crippen molar-refractivity contribution in [3.8, 4) is 0 Å². The van der Waals surface area contributed by atoms with Crippen molar-refractivity contribution in [3.05, 3.63) is 44.9 Å². The maximum absolute atomic E-state index is 12.9. The molecule has 10 nitrogen and oxygen atoms in total. The average Bonchev–Trinajstić information content (AvgIpc) is 3.18. The van der Waals surface area contributed by atoms with Crippen LogP contribution in [0, 0.1) is 5.92 Å². The van der Waals surface area contributed by atoms with Crippen molar-refractivity contribution in [2.45, 2.75) is 46.3 Å². The Morgan fingerprint density at radius 1 is 1.26 bits per heavy atom. The van der Waals surface area contributed by atoms with E-state index in [2.05, 4.69) is 20.3 Å². The van der Waals surface area contributed by atoms with Crippen LogP contribution >= 0.6 is 0 Å². The molecule has 0 aliphatic heterocycles. The summed E-state index contributed by atoms with van der Waals surface area (Å²) in [5.74, 6) is -1.60. The number of fused-ring (bicyclic) bond motifs is 1. The third-order valence-electron chi connectivity index (χ3n) is 5.23. The number of anilines is 3. The van der Waals surface area contributed by atoms with Crippen molar-refractivity contribution < 1.29 is 18.0 Å². The Kier molecular flexibility index (Phi) is 7.56. The summed E-state index contributed by atoms with van der Waals surface area (Å²) in [5, 5.41) is 2.62. The molecule has 13 heteroatoms. The van der Waals surface area contributed by atoms with Crippen LogP contribution in [-0.4, -0.2) is 38.5 Å². The monoisotopic (exact) mass is 495 g/mol. The Balaban J connectivity index is 1.87. The molecule has 5 N–H and O–H groups in total. The van der Waals surface area contributed by atoms with Gasteiger partial charge in [-0.3, -0.25) is 19.1 Å². The minimum Gasteiger partial charge on any atom is -0.383 e. The van der Waals surface area contributed by atoms with Gasteiger partial charge in [-0.15, -0.1) is 0 Å². The molecule has 1 amide bonds. The normalized spacial score (nSPS) is 11.9. The van der Waals surface area contributed by atoms with Crippen LogP contribution in [-0.2, 0) is 17.5 Å². The predicted octanol–water partition coefficient (Wildman–Crippen LogP) is 2.92. The molecular formula is C22H28F3N7O3. The summed E-state index contributed by atoms with van der Waals surface area (Å²) in [6, 6.07) is 4.13. The van der Waals surface area contributed by atoms with Crippen LogP contribution in [0.3, 0.4) is 0 Å². The van der Waals surface area contributed by atoms with Gasteiger partial charge < -0.3 is 20.9 Å². The van der Waals surface area contributed by atoms with E-state index >= 15 is 0 Å². The zero-order valence-electron chi connectivity index (χ0n) is 19.6. The molecule has 0 bridgehead atoms. The first kappa shape index (κ1) is 25.8. The second-order valence-electron chi connectivity index (χ2n) is 8.64. The van der Waals surface area contributed by atoms with E-state index in [0.717, 1.165) is 6.42 Å². The molecule has 2 aromatic heterocycles. The van der Waals surface area contributed by atoms with Crippen LogP contribution in [0.1, 0.15) is 39.4 Å². The van der Waals surface area contributed by atoms with Crippen molar-refractivity contribution in [1.29, 1.82) is 0 Å². The fourth-order valence-electron chi connectivity index (χ4n) is 3.64. The lowest BCUT2D eigenvalue weighted by Crippen LogP contribution is -2.42. The van der Waals surface area contributed by atoms with E-state index in [-0.39, 0.29) is 47.2 Å². The van der Waals surface area contributed by atoms with Crippen LogP contribution in [0.5, 0.6) is 0 Å². The Bertz CT molecular complexity index is 1320. The highest BCUT2D eigenvalue weighted by Gasteiger charge is 2.34.